The Kier molecular flexibility index (Phi) is 26.8. The Bertz CT molecular complexity index is 33.8. The second-order valence-corrected chi connectivity index (χ2v) is 0.750. The van der Waals surface area contributed by atoms with Gasteiger partial charge in [0.15, 0.2) is 0 Å². The first-order valence-electron chi connectivity index (χ1n) is 0.612. The SMILES string of the molecule is O=[Si]([O-])[O-].[K+].[Pb]. The second kappa shape index (κ2) is 10.2. The van der Waals surface area contributed by atoms with E-state index in [-0.39, 0.29) is 78.7 Å². The Morgan fingerprint density at radius 2 is 1.33 bits per heavy atom. The molecule has 28 valence electrons. The van der Waals surface area contributed by atoms with Crippen LogP contribution in [0.1, 0.15) is 0 Å². The maximum absolute atomic E-state index is 8.52. The summed E-state index contributed by atoms with van der Waals surface area (Å²) < 4.78 is 8.52. The third kappa shape index (κ3) is 35.0. The molecule has 0 unspecified atom stereocenters. The molecular formula is KO3PbSi-. The molecule has 0 bridgehead atoms. The van der Waals surface area contributed by atoms with Crippen LogP contribution >= 0.6 is 0 Å². The van der Waals surface area contributed by atoms with Gasteiger partial charge >= 0.3 is 51.4 Å². The molecule has 0 saturated carbocycles. The van der Waals surface area contributed by atoms with E-state index in [0.29, 0.717) is 0 Å². The van der Waals surface area contributed by atoms with Gasteiger partial charge in [0, 0.05) is 36.5 Å². The number of hydrogen-bond acceptors (Lipinski definition) is 3. The fourth-order valence-electron chi connectivity index (χ4n) is 0. The molecule has 0 N–H and O–H groups in total. The summed E-state index contributed by atoms with van der Waals surface area (Å²) in [5.74, 6) is 0. The predicted octanol–water partition coefficient (Wildman–Crippen LogP) is -6.25. The van der Waals surface area contributed by atoms with Gasteiger partial charge < -0.3 is 14.1 Å². The molecule has 0 rings (SSSR count). The Balaban J connectivity index is -0.0000000450. The van der Waals surface area contributed by atoms with Crippen LogP contribution in [0.2, 0.25) is 0 Å². The molecule has 0 atom stereocenters. The summed E-state index contributed by atoms with van der Waals surface area (Å²) in [6.45, 7) is 0. The quantitative estimate of drug-likeness (QED) is 0.417. The molecule has 3 nitrogen and oxygen atoms in total. The van der Waals surface area contributed by atoms with Crippen LogP contribution < -0.4 is 61.0 Å². The van der Waals surface area contributed by atoms with Crippen LogP contribution in [0.25, 0.3) is 0 Å². The van der Waals surface area contributed by atoms with Crippen LogP contribution in [-0.2, 0) is 4.46 Å². The third-order valence-corrected chi connectivity index (χ3v) is 0. The first-order chi connectivity index (χ1) is 1.73. The third-order valence-electron chi connectivity index (χ3n) is 0. The molecule has 0 saturated heterocycles. The molecule has 0 heterocycles. The molecule has 0 aliphatic rings. The van der Waals surface area contributed by atoms with Gasteiger partial charge in [-0.2, -0.15) is 0 Å². The maximum atomic E-state index is 8.52. The first-order valence-corrected chi connectivity index (χ1v) is 1.84. The van der Waals surface area contributed by atoms with Crippen molar-refractivity contribution in [2.24, 2.45) is 0 Å². The monoisotopic (exact) mass is 323 g/mol. The fraction of sp³-hybridized carbons (Fsp3) is 0. The summed E-state index contributed by atoms with van der Waals surface area (Å²) in [5, 5.41) is 0. The van der Waals surface area contributed by atoms with Gasteiger partial charge in [-0.1, -0.05) is 0 Å². The Labute approximate surface area is 99.6 Å². The van der Waals surface area contributed by atoms with E-state index in [1.165, 1.54) is 0 Å². The Morgan fingerprint density at radius 3 is 1.33 bits per heavy atom. The standard InChI is InChI=1S/K.O3Si.Pb/c;1-4(2)3;/q+1;-2;. The smallest absolute Gasteiger partial charge is 0.672 e. The zero-order valence-corrected chi connectivity index (χ0v) is 11.2. The first kappa shape index (κ1) is 15.7. The average molecular weight is 322 g/mol. The van der Waals surface area contributed by atoms with Crippen molar-refractivity contribution in [3.8, 4) is 0 Å². The predicted molar refractivity (Wildman–Crippen MR) is 12.2 cm³/mol. The van der Waals surface area contributed by atoms with Gasteiger partial charge in [0.1, 0.15) is 0 Å². The molecule has 4 radical (unpaired) electrons. The van der Waals surface area contributed by atoms with Gasteiger partial charge in [-0.25, -0.2) is 0 Å². The minimum Gasteiger partial charge on any atom is -0.672 e. The van der Waals surface area contributed by atoms with Crippen LogP contribution in [0.15, 0.2) is 0 Å². The van der Waals surface area contributed by atoms with Crippen LogP contribution in [-0.4, -0.2) is 36.5 Å². The Hall–Kier alpha value is 2.18. The van der Waals surface area contributed by atoms with E-state index in [1.807, 2.05) is 0 Å². The van der Waals surface area contributed by atoms with Crippen molar-refractivity contribution in [3.63, 3.8) is 0 Å². The summed E-state index contributed by atoms with van der Waals surface area (Å²) in [7, 11) is -3.63. The van der Waals surface area contributed by atoms with E-state index in [9.17, 15) is 0 Å². The Morgan fingerprint density at radius 1 is 1.33 bits per heavy atom. The molecule has 0 aliphatic carbocycles. The van der Waals surface area contributed by atoms with Gasteiger partial charge in [0.25, 0.3) is 0 Å². The summed E-state index contributed by atoms with van der Waals surface area (Å²) in [4.78, 5) is 17.0. The van der Waals surface area contributed by atoms with Crippen LogP contribution in [0.5, 0.6) is 0 Å². The average Bonchev–Trinajstić information content (AvgIpc) is 0.811. The van der Waals surface area contributed by atoms with E-state index >= 15 is 0 Å². The number of rotatable bonds is 0. The van der Waals surface area contributed by atoms with Crippen LogP contribution in [0.4, 0.5) is 0 Å². The fourth-order valence-corrected chi connectivity index (χ4v) is 0. The zero-order valence-electron chi connectivity index (χ0n) is 3.22. The maximum Gasteiger partial charge on any atom is 1.00 e. The second-order valence-electron chi connectivity index (χ2n) is 0.250. The minimum absolute atomic E-state index is 0. The van der Waals surface area contributed by atoms with Gasteiger partial charge in [0.05, 0.1) is 0 Å². The zero-order chi connectivity index (χ0) is 3.58. The van der Waals surface area contributed by atoms with Crippen LogP contribution in [0.3, 0.4) is 0 Å². The molecule has 0 aliphatic heterocycles. The molecule has 0 aromatic carbocycles. The number of hydrogen-bond donors (Lipinski definition) is 0. The van der Waals surface area contributed by atoms with Crippen molar-refractivity contribution in [1.82, 2.24) is 0 Å². The van der Waals surface area contributed by atoms with Crippen LogP contribution in [0, 0.1) is 0 Å². The summed E-state index contributed by atoms with van der Waals surface area (Å²) in [6, 6.07) is 0. The molecule has 0 spiro atoms. The van der Waals surface area contributed by atoms with Crippen molar-refractivity contribution in [2.75, 3.05) is 0 Å². The molecular weight excluding hydrogens is 322 g/mol. The summed E-state index contributed by atoms with van der Waals surface area (Å²) >= 11 is 0. The molecule has 0 aromatic rings. The normalized spacial score (nSPS) is 4.00. The van der Waals surface area contributed by atoms with E-state index in [0.717, 1.165) is 0 Å². The molecule has 0 fully saturated rings. The minimum atomic E-state index is -3.63. The van der Waals surface area contributed by atoms with E-state index < -0.39 is 9.17 Å². The van der Waals surface area contributed by atoms with Crippen molar-refractivity contribution in [3.05, 3.63) is 0 Å². The molecule has 6 heteroatoms. The van der Waals surface area contributed by atoms with E-state index in [2.05, 4.69) is 0 Å². The molecule has 0 aromatic heterocycles. The van der Waals surface area contributed by atoms with Crippen molar-refractivity contribution >= 4 is 36.5 Å². The van der Waals surface area contributed by atoms with Crippen molar-refractivity contribution < 1.29 is 65.4 Å². The summed E-state index contributed by atoms with van der Waals surface area (Å²) in [6.07, 6.45) is 0. The largest absolute Gasteiger partial charge is 1.00 e. The van der Waals surface area contributed by atoms with E-state index in [1.54, 1.807) is 0 Å². The van der Waals surface area contributed by atoms with Gasteiger partial charge in [-0.3, -0.25) is 0 Å². The van der Waals surface area contributed by atoms with E-state index in [4.69, 9.17) is 14.1 Å². The van der Waals surface area contributed by atoms with Crippen molar-refractivity contribution in [2.45, 2.75) is 0 Å². The topological polar surface area (TPSA) is 63.2 Å². The molecule has 0 amide bonds. The van der Waals surface area contributed by atoms with Gasteiger partial charge in [-0.15, -0.1) is 0 Å². The van der Waals surface area contributed by atoms with Gasteiger partial charge in [-0.05, 0) is 0 Å². The van der Waals surface area contributed by atoms with Crippen molar-refractivity contribution in [1.29, 1.82) is 0 Å². The van der Waals surface area contributed by atoms with Gasteiger partial charge in [0.2, 0.25) is 0 Å². The summed E-state index contributed by atoms with van der Waals surface area (Å²) in [5.41, 5.74) is 0. The molecule has 6 heavy (non-hydrogen) atoms.